The van der Waals surface area contributed by atoms with Crippen LogP contribution in [0.2, 0.25) is 10.0 Å². The summed E-state index contributed by atoms with van der Waals surface area (Å²) in [6, 6.07) is 1.71. The van der Waals surface area contributed by atoms with Crippen molar-refractivity contribution in [2.75, 3.05) is 0 Å². The number of nitrogens with two attached hydrogens (primary N) is 1. The lowest BCUT2D eigenvalue weighted by Crippen LogP contribution is -2.24. The van der Waals surface area contributed by atoms with Crippen molar-refractivity contribution in [3.05, 3.63) is 28.0 Å². The van der Waals surface area contributed by atoms with Crippen LogP contribution in [-0.4, -0.2) is 4.98 Å². The zero-order valence-electron chi connectivity index (χ0n) is 8.63. The Balaban J connectivity index is 2.24. The summed E-state index contributed by atoms with van der Waals surface area (Å²) in [6.07, 6.45) is 4.87. The molecule has 1 heterocycles. The zero-order valence-corrected chi connectivity index (χ0v) is 10.1. The van der Waals surface area contributed by atoms with E-state index in [1.807, 2.05) is 0 Å². The highest BCUT2D eigenvalue weighted by atomic mass is 35.5. The smallest absolute Gasteiger partial charge is 0.0792 e. The Morgan fingerprint density at radius 3 is 2.93 bits per heavy atom. The Morgan fingerprint density at radius 2 is 2.33 bits per heavy atom. The monoisotopic (exact) mass is 244 g/mol. The summed E-state index contributed by atoms with van der Waals surface area (Å²) in [5.74, 6) is 0.522. The predicted molar refractivity (Wildman–Crippen MR) is 63.1 cm³/mol. The highest BCUT2D eigenvalue weighted by Gasteiger charge is 2.53. The third-order valence-corrected chi connectivity index (χ3v) is 3.53. The minimum absolute atomic E-state index is 0.308. The number of halogens is 2. The van der Waals surface area contributed by atoms with Gasteiger partial charge in [0.2, 0.25) is 0 Å². The van der Waals surface area contributed by atoms with Gasteiger partial charge in [-0.05, 0) is 24.8 Å². The minimum Gasteiger partial charge on any atom is -0.320 e. The van der Waals surface area contributed by atoms with E-state index in [9.17, 15) is 0 Å². The molecule has 1 fully saturated rings. The van der Waals surface area contributed by atoms with Crippen LogP contribution in [0.15, 0.2) is 12.3 Å². The summed E-state index contributed by atoms with van der Waals surface area (Å²) in [7, 11) is 0. The maximum absolute atomic E-state index is 6.26. The average Bonchev–Trinajstić information content (AvgIpc) is 2.78. The number of pyridine rings is 1. The third kappa shape index (κ3) is 1.99. The van der Waals surface area contributed by atoms with Gasteiger partial charge in [-0.2, -0.15) is 0 Å². The molecule has 1 aliphatic rings. The second kappa shape index (κ2) is 3.93. The van der Waals surface area contributed by atoms with Crippen molar-refractivity contribution in [1.29, 1.82) is 0 Å². The number of hydrogen-bond donors (Lipinski definition) is 1. The van der Waals surface area contributed by atoms with Gasteiger partial charge in [-0.15, -0.1) is 0 Å². The van der Waals surface area contributed by atoms with Gasteiger partial charge in [0, 0.05) is 6.20 Å². The Bertz CT molecular complexity index is 381. The van der Waals surface area contributed by atoms with Crippen LogP contribution in [-0.2, 0) is 5.54 Å². The van der Waals surface area contributed by atoms with Gasteiger partial charge in [-0.25, -0.2) is 0 Å². The second-order valence-electron chi connectivity index (χ2n) is 4.21. The fraction of sp³-hybridized carbons (Fsp3) is 0.545. The van der Waals surface area contributed by atoms with Crippen LogP contribution in [0, 0.1) is 5.92 Å². The molecular formula is C11H14Cl2N2. The molecule has 4 heteroatoms. The van der Waals surface area contributed by atoms with E-state index in [4.69, 9.17) is 28.9 Å². The highest BCUT2D eigenvalue weighted by molar-refractivity contribution is 6.34. The molecule has 2 nitrogen and oxygen atoms in total. The van der Waals surface area contributed by atoms with Gasteiger partial charge in [0.15, 0.2) is 0 Å². The number of hydrogen-bond acceptors (Lipinski definition) is 2. The van der Waals surface area contributed by atoms with Crippen LogP contribution < -0.4 is 5.73 Å². The summed E-state index contributed by atoms with van der Waals surface area (Å²) < 4.78 is 0. The topological polar surface area (TPSA) is 38.9 Å². The Labute approximate surface area is 99.8 Å². The predicted octanol–water partition coefficient (Wildman–Crippen LogP) is 3.36. The standard InChI is InChI=1S/C11H14Cl2N2/c1-2-3-7-5-11(7,14)10-9(13)4-8(12)6-15-10/h4,6-7H,2-3,5,14H2,1H3. The first-order chi connectivity index (χ1) is 7.08. The van der Waals surface area contributed by atoms with Gasteiger partial charge < -0.3 is 5.73 Å². The summed E-state index contributed by atoms with van der Waals surface area (Å²) in [5.41, 5.74) is 6.75. The lowest BCUT2D eigenvalue weighted by molar-refractivity contribution is 0.571. The van der Waals surface area contributed by atoms with Crippen molar-refractivity contribution in [1.82, 2.24) is 4.98 Å². The first-order valence-corrected chi connectivity index (χ1v) is 5.94. The molecule has 82 valence electrons. The fourth-order valence-corrected chi connectivity index (χ4v) is 2.66. The molecule has 1 saturated carbocycles. The van der Waals surface area contributed by atoms with Crippen molar-refractivity contribution in [2.45, 2.75) is 31.7 Å². The summed E-state index contributed by atoms with van der Waals surface area (Å²) >= 11 is 11.9. The van der Waals surface area contributed by atoms with Gasteiger partial charge >= 0.3 is 0 Å². The van der Waals surface area contributed by atoms with Crippen molar-refractivity contribution >= 4 is 23.2 Å². The van der Waals surface area contributed by atoms with Crippen molar-refractivity contribution in [3.63, 3.8) is 0 Å². The molecule has 1 aromatic heterocycles. The van der Waals surface area contributed by atoms with Crippen LogP contribution in [0.5, 0.6) is 0 Å². The van der Waals surface area contributed by atoms with E-state index in [1.165, 1.54) is 0 Å². The molecular weight excluding hydrogens is 231 g/mol. The highest BCUT2D eigenvalue weighted by Crippen LogP contribution is 2.53. The normalized spacial score (nSPS) is 29.2. The van der Waals surface area contributed by atoms with E-state index >= 15 is 0 Å². The van der Waals surface area contributed by atoms with Gasteiger partial charge in [-0.1, -0.05) is 36.5 Å². The summed E-state index contributed by atoms with van der Waals surface area (Å²) in [6.45, 7) is 2.16. The molecule has 1 aromatic rings. The molecule has 2 rings (SSSR count). The molecule has 0 aliphatic heterocycles. The molecule has 0 spiro atoms. The third-order valence-electron chi connectivity index (χ3n) is 3.04. The zero-order chi connectivity index (χ0) is 11.1. The van der Waals surface area contributed by atoms with Crippen molar-refractivity contribution in [2.24, 2.45) is 11.7 Å². The van der Waals surface area contributed by atoms with E-state index in [1.54, 1.807) is 12.3 Å². The Hall–Kier alpha value is -0.310. The lowest BCUT2D eigenvalue weighted by Gasteiger charge is -2.12. The number of aromatic nitrogens is 1. The van der Waals surface area contributed by atoms with Gasteiger partial charge in [0.25, 0.3) is 0 Å². The van der Waals surface area contributed by atoms with Crippen molar-refractivity contribution in [3.8, 4) is 0 Å². The molecule has 0 radical (unpaired) electrons. The Morgan fingerprint density at radius 1 is 1.60 bits per heavy atom. The molecule has 0 saturated heterocycles. The van der Waals surface area contributed by atoms with Crippen LogP contribution in [0.25, 0.3) is 0 Å². The lowest BCUT2D eigenvalue weighted by atomic mass is 10.1. The number of nitrogens with zero attached hydrogens (tertiary/aromatic N) is 1. The van der Waals surface area contributed by atoms with Gasteiger partial charge in [-0.3, -0.25) is 4.98 Å². The fourth-order valence-electron chi connectivity index (χ4n) is 2.10. The van der Waals surface area contributed by atoms with E-state index in [0.717, 1.165) is 25.0 Å². The van der Waals surface area contributed by atoms with Crippen LogP contribution in [0.3, 0.4) is 0 Å². The molecule has 2 atom stereocenters. The van der Waals surface area contributed by atoms with E-state index < -0.39 is 0 Å². The van der Waals surface area contributed by atoms with Crippen LogP contribution in [0.4, 0.5) is 0 Å². The molecule has 2 unspecified atom stereocenters. The first-order valence-electron chi connectivity index (χ1n) is 5.18. The minimum atomic E-state index is -0.308. The molecule has 0 bridgehead atoms. The molecule has 2 N–H and O–H groups in total. The Kier molecular flexibility index (Phi) is 2.93. The van der Waals surface area contributed by atoms with Crippen LogP contribution in [0.1, 0.15) is 31.9 Å². The van der Waals surface area contributed by atoms with E-state index in [-0.39, 0.29) is 5.54 Å². The largest absolute Gasteiger partial charge is 0.320 e. The van der Waals surface area contributed by atoms with Crippen LogP contribution >= 0.6 is 23.2 Å². The molecule has 0 aromatic carbocycles. The summed E-state index contributed by atoms with van der Waals surface area (Å²) in [5, 5.41) is 1.14. The van der Waals surface area contributed by atoms with Crippen molar-refractivity contribution < 1.29 is 0 Å². The molecule has 1 aliphatic carbocycles. The maximum Gasteiger partial charge on any atom is 0.0792 e. The number of rotatable bonds is 3. The summed E-state index contributed by atoms with van der Waals surface area (Å²) in [4.78, 5) is 4.26. The average molecular weight is 245 g/mol. The molecule has 0 amide bonds. The quantitative estimate of drug-likeness (QED) is 0.886. The van der Waals surface area contributed by atoms with Gasteiger partial charge in [0.05, 0.1) is 21.3 Å². The molecule has 15 heavy (non-hydrogen) atoms. The van der Waals surface area contributed by atoms with Gasteiger partial charge in [0.1, 0.15) is 0 Å². The second-order valence-corrected chi connectivity index (χ2v) is 5.06. The van der Waals surface area contributed by atoms with E-state index in [0.29, 0.717) is 16.0 Å². The SMILES string of the molecule is CCCC1CC1(N)c1ncc(Cl)cc1Cl. The maximum atomic E-state index is 6.26. The van der Waals surface area contributed by atoms with E-state index in [2.05, 4.69) is 11.9 Å². The first kappa shape index (κ1) is 11.2.